The number of ketones is 1. The van der Waals surface area contributed by atoms with Gasteiger partial charge >= 0.3 is 5.97 Å². The second-order valence-corrected chi connectivity index (χ2v) is 10.2. The summed E-state index contributed by atoms with van der Waals surface area (Å²) >= 11 is 1.73. The molecular formula is C24H33NO3S. The summed E-state index contributed by atoms with van der Waals surface area (Å²) in [5, 5.41) is 3.37. The molecule has 4 nitrogen and oxygen atoms in total. The van der Waals surface area contributed by atoms with Gasteiger partial charge in [-0.25, -0.2) is 4.79 Å². The van der Waals surface area contributed by atoms with E-state index in [9.17, 15) is 9.59 Å². The number of thiophene rings is 1. The number of carbonyl (C=O) groups is 2. The van der Waals surface area contributed by atoms with Gasteiger partial charge in [0.15, 0.2) is 5.78 Å². The first kappa shape index (κ1) is 21.8. The van der Waals surface area contributed by atoms with E-state index in [4.69, 9.17) is 4.74 Å². The van der Waals surface area contributed by atoms with Crippen LogP contribution < -0.4 is 5.32 Å². The molecule has 1 aromatic rings. The van der Waals surface area contributed by atoms with Crippen LogP contribution in [0.4, 0.5) is 0 Å². The number of nitrogens with one attached hydrogen (secondary N) is 1. The summed E-state index contributed by atoms with van der Waals surface area (Å²) < 4.78 is 5.10. The van der Waals surface area contributed by atoms with Gasteiger partial charge in [0.1, 0.15) is 0 Å². The Hall–Kier alpha value is -1.88. The highest BCUT2D eigenvalue weighted by Crippen LogP contribution is 2.48. The molecular weight excluding hydrogens is 382 g/mol. The largest absolute Gasteiger partial charge is 0.466 e. The third kappa shape index (κ3) is 4.66. The van der Waals surface area contributed by atoms with Crippen LogP contribution in [0.2, 0.25) is 0 Å². The molecule has 3 rings (SSSR count). The number of dihydropyridines is 1. The first-order chi connectivity index (χ1) is 13.8. The van der Waals surface area contributed by atoms with E-state index in [2.05, 4.69) is 38.2 Å². The molecule has 0 amide bonds. The highest BCUT2D eigenvalue weighted by Gasteiger charge is 2.43. The van der Waals surface area contributed by atoms with E-state index in [0.717, 1.165) is 34.7 Å². The lowest BCUT2D eigenvalue weighted by Gasteiger charge is -2.39. The predicted octanol–water partition coefficient (Wildman–Crippen LogP) is 5.65. The summed E-state index contributed by atoms with van der Waals surface area (Å²) in [6.07, 6.45) is 7.29. The van der Waals surface area contributed by atoms with Crippen molar-refractivity contribution in [3.05, 3.63) is 44.4 Å². The van der Waals surface area contributed by atoms with Crippen molar-refractivity contribution in [2.75, 3.05) is 7.11 Å². The molecule has 1 aliphatic heterocycles. The second kappa shape index (κ2) is 8.86. The van der Waals surface area contributed by atoms with Gasteiger partial charge in [0.05, 0.1) is 18.6 Å². The van der Waals surface area contributed by atoms with E-state index >= 15 is 0 Å². The second-order valence-electron chi connectivity index (χ2n) is 9.04. The maximum atomic E-state index is 13.2. The average Bonchev–Trinajstić information content (AvgIpc) is 3.11. The Morgan fingerprint density at radius 1 is 1.24 bits per heavy atom. The quantitative estimate of drug-likeness (QED) is 0.462. The van der Waals surface area contributed by atoms with Crippen molar-refractivity contribution in [1.82, 2.24) is 5.32 Å². The topological polar surface area (TPSA) is 55.4 Å². The number of carbonyl (C=O) groups excluding carboxylic acids is 2. The van der Waals surface area contributed by atoms with Gasteiger partial charge in [-0.1, -0.05) is 40.0 Å². The zero-order valence-electron chi connectivity index (χ0n) is 18.3. The Morgan fingerprint density at radius 3 is 2.69 bits per heavy atom. The summed E-state index contributed by atoms with van der Waals surface area (Å²) in [5.41, 5.74) is 3.02. The van der Waals surface area contributed by atoms with Crippen LogP contribution >= 0.6 is 11.3 Å². The van der Waals surface area contributed by atoms with Crippen LogP contribution in [-0.2, 0) is 20.7 Å². The van der Waals surface area contributed by atoms with E-state index in [1.54, 1.807) is 11.3 Å². The molecule has 2 heterocycles. The van der Waals surface area contributed by atoms with Gasteiger partial charge in [0, 0.05) is 33.1 Å². The maximum Gasteiger partial charge on any atom is 0.336 e. The van der Waals surface area contributed by atoms with Crippen LogP contribution in [0.25, 0.3) is 0 Å². The SMILES string of the molecule is CCCCCCc1ccc([C@@H]2C(C(=O)OC)=C(C)NC3=C2C(=O)CC(C)(C)C3)s1. The van der Waals surface area contributed by atoms with Crippen molar-refractivity contribution in [1.29, 1.82) is 0 Å². The number of allylic oxidation sites excluding steroid dienone is 3. The summed E-state index contributed by atoms with van der Waals surface area (Å²) in [5.74, 6) is -0.542. The van der Waals surface area contributed by atoms with E-state index in [1.807, 2.05) is 6.92 Å². The minimum atomic E-state index is -0.359. The number of hydrogen-bond donors (Lipinski definition) is 1. The molecule has 1 aliphatic carbocycles. The van der Waals surface area contributed by atoms with E-state index < -0.39 is 0 Å². The lowest BCUT2D eigenvalue weighted by molar-refractivity contribution is -0.136. The molecule has 2 aliphatic rings. The van der Waals surface area contributed by atoms with Crippen LogP contribution in [0.3, 0.4) is 0 Å². The van der Waals surface area contributed by atoms with Crippen molar-refractivity contribution >= 4 is 23.1 Å². The molecule has 0 radical (unpaired) electrons. The number of aryl methyl sites for hydroxylation is 1. The molecule has 0 fully saturated rings. The standard InChI is InChI=1S/C24H33NO3S/c1-6-7-8-9-10-16-11-12-19(29-16)22-20(23(27)28-5)15(2)25-17-13-24(3,4)14-18(26)21(17)22/h11-12,22,25H,6-10,13-14H2,1-5H3/t22-/m1/s1. The molecule has 0 saturated carbocycles. The number of ether oxygens (including phenoxy) is 1. The summed E-state index contributed by atoms with van der Waals surface area (Å²) in [6, 6.07) is 4.26. The molecule has 0 unspecified atom stereocenters. The Labute approximate surface area is 178 Å². The normalized spacial score (nSPS) is 21.1. The Bertz CT molecular complexity index is 859. The Morgan fingerprint density at radius 2 is 2.00 bits per heavy atom. The van der Waals surface area contributed by atoms with E-state index in [-0.39, 0.29) is 23.1 Å². The van der Waals surface area contributed by atoms with Crippen molar-refractivity contribution in [2.24, 2.45) is 5.41 Å². The number of hydrogen-bond acceptors (Lipinski definition) is 5. The fraction of sp³-hybridized carbons (Fsp3) is 0.583. The van der Waals surface area contributed by atoms with Crippen molar-refractivity contribution < 1.29 is 14.3 Å². The van der Waals surface area contributed by atoms with E-state index in [1.165, 1.54) is 37.7 Å². The number of rotatable bonds is 7. The van der Waals surface area contributed by atoms with Crippen LogP contribution in [0.1, 0.15) is 81.9 Å². The van der Waals surface area contributed by atoms with Crippen LogP contribution in [-0.4, -0.2) is 18.9 Å². The zero-order chi connectivity index (χ0) is 21.2. The summed E-state index contributed by atoms with van der Waals surface area (Å²) in [4.78, 5) is 28.2. The third-order valence-electron chi connectivity index (χ3n) is 5.89. The maximum absolute atomic E-state index is 13.2. The van der Waals surface area contributed by atoms with Gasteiger partial charge in [-0.3, -0.25) is 4.79 Å². The molecule has 1 N–H and O–H groups in total. The first-order valence-electron chi connectivity index (χ1n) is 10.7. The van der Waals surface area contributed by atoms with Gasteiger partial charge in [0.25, 0.3) is 0 Å². The number of methoxy groups -OCH3 is 1. The Balaban J connectivity index is 1.98. The van der Waals surface area contributed by atoms with Gasteiger partial charge in [-0.2, -0.15) is 0 Å². The minimum absolute atomic E-state index is 0.0730. The third-order valence-corrected chi connectivity index (χ3v) is 7.10. The molecule has 0 spiro atoms. The highest BCUT2D eigenvalue weighted by molar-refractivity contribution is 7.12. The number of unbranched alkanes of at least 4 members (excludes halogenated alkanes) is 3. The Kier molecular flexibility index (Phi) is 6.67. The fourth-order valence-electron chi connectivity index (χ4n) is 4.51. The van der Waals surface area contributed by atoms with Gasteiger partial charge in [-0.05, 0) is 43.7 Å². The van der Waals surface area contributed by atoms with Crippen molar-refractivity contribution in [3.63, 3.8) is 0 Å². The van der Waals surface area contributed by atoms with Crippen molar-refractivity contribution in [2.45, 2.75) is 78.6 Å². The van der Waals surface area contributed by atoms with Crippen LogP contribution in [0.15, 0.2) is 34.7 Å². The molecule has 0 saturated heterocycles. The molecule has 158 valence electrons. The van der Waals surface area contributed by atoms with Crippen LogP contribution in [0, 0.1) is 5.41 Å². The number of esters is 1. The lowest BCUT2D eigenvalue weighted by Crippen LogP contribution is -2.38. The average molecular weight is 416 g/mol. The van der Waals surface area contributed by atoms with Crippen molar-refractivity contribution in [3.8, 4) is 0 Å². The van der Waals surface area contributed by atoms with Gasteiger partial charge in [-0.15, -0.1) is 11.3 Å². The molecule has 29 heavy (non-hydrogen) atoms. The first-order valence-corrected chi connectivity index (χ1v) is 11.5. The van der Waals surface area contributed by atoms with Gasteiger partial charge in [0.2, 0.25) is 0 Å². The minimum Gasteiger partial charge on any atom is -0.466 e. The number of Topliss-reactive ketones (excluding diaryl/α,β-unsaturated/α-hetero) is 1. The van der Waals surface area contributed by atoms with Gasteiger partial charge < -0.3 is 10.1 Å². The predicted molar refractivity (Wildman–Crippen MR) is 118 cm³/mol. The van der Waals surface area contributed by atoms with E-state index in [0.29, 0.717) is 12.0 Å². The molecule has 0 bridgehead atoms. The summed E-state index contributed by atoms with van der Waals surface area (Å²) in [6.45, 7) is 8.38. The monoisotopic (exact) mass is 415 g/mol. The smallest absolute Gasteiger partial charge is 0.336 e. The fourth-order valence-corrected chi connectivity index (χ4v) is 5.69. The van der Waals surface area contributed by atoms with Crippen LogP contribution in [0.5, 0.6) is 0 Å². The molecule has 5 heteroatoms. The molecule has 0 aromatic carbocycles. The summed E-state index contributed by atoms with van der Waals surface area (Å²) in [7, 11) is 1.41. The molecule has 1 aromatic heterocycles. The zero-order valence-corrected chi connectivity index (χ0v) is 19.1. The lowest BCUT2D eigenvalue weighted by atomic mass is 9.70. The highest BCUT2D eigenvalue weighted by atomic mass is 32.1. The molecule has 1 atom stereocenters.